The van der Waals surface area contributed by atoms with Gasteiger partial charge >= 0.3 is 5.69 Å². The monoisotopic (exact) mass is 485 g/mol. The number of nitro groups is 1. The third kappa shape index (κ3) is 5.84. The Morgan fingerprint density at radius 3 is 2.77 bits per heavy atom. The Balaban J connectivity index is 1.56. The standard InChI is InChI=1S/C18H14Cl2FN5O4S/c1-25-16(8-30-15-5-2-10(19)6-12(15)20)23-24-18(25)31-9-17(27)22-11-3-4-13(21)14(7-11)26(28)29/h2-7H,8-9H2,1H3,(H,22,27). The van der Waals surface area contributed by atoms with Gasteiger partial charge in [0.25, 0.3) is 0 Å². The number of aromatic nitrogens is 3. The predicted octanol–water partition coefficient (Wildman–Crippen LogP) is 4.48. The normalized spacial score (nSPS) is 10.7. The smallest absolute Gasteiger partial charge is 0.306 e. The maximum atomic E-state index is 13.4. The lowest BCUT2D eigenvalue weighted by atomic mass is 10.2. The molecule has 0 spiro atoms. The van der Waals surface area contributed by atoms with Crippen LogP contribution in [-0.4, -0.2) is 31.3 Å². The van der Waals surface area contributed by atoms with E-state index in [0.717, 1.165) is 23.9 Å². The van der Waals surface area contributed by atoms with Gasteiger partial charge in [-0.05, 0) is 30.3 Å². The lowest BCUT2D eigenvalue weighted by molar-refractivity contribution is -0.387. The van der Waals surface area contributed by atoms with Crippen molar-refractivity contribution in [1.29, 1.82) is 0 Å². The van der Waals surface area contributed by atoms with Gasteiger partial charge in [0.2, 0.25) is 11.7 Å². The predicted molar refractivity (Wildman–Crippen MR) is 114 cm³/mol. The van der Waals surface area contributed by atoms with Crippen molar-refractivity contribution < 1.29 is 18.8 Å². The Morgan fingerprint density at radius 2 is 2.06 bits per heavy atom. The number of thioether (sulfide) groups is 1. The Bertz CT molecular complexity index is 1140. The van der Waals surface area contributed by atoms with Gasteiger partial charge < -0.3 is 14.6 Å². The maximum Gasteiger partial charge on any atom is 0.306 e. The number of ether oxygens (including phenoxy) is 1. The number of hydrogen-bond donors (Lipinski definition) is 1. The topological polar surface area (TPSA) is 112 Å². The van der Waals surface area contributed by atoms with Gasteiger partial charge in [0.15, 0.2) is 11.0 Å². The van der Waals surface area contributed by atoms with Crippen molar-refractivity contribution >= 4 is 52.2 Å². The summed E-state index contributed by atoms with van der Waals surface area (Å²) >= 11 is 13.0. The highest BCUT2D eigenvalue weighted by molar-refractivity contribution is 7.99. The van der Waals surface area contributed by atoms with Crippen molar-refractivity contribution in [2.24, 2.45) is 7.05 Å². The molecular formula is C18H14Cl2FN5O4S. The zero-order valence-electron chi connectivity index (χ0n) is 15.8. The van der Waals surface area contributed by atoms with Crippen LogP contribution < -0.4 is 10.1 Å². The zero-order chi connectivity index (χ0) is 22.5. The number of nitro benzene ring substituents is 1. The van der Waals surface area contributed by atoms with E-state index in [2.05, 4.69) is 15.5 Å². The molecule has 1 heterocycles. The van der Waals surface area contributed by atoms with E-state index in [9.17, 15) is 19.3 Å². The summed E-state index contributed by atoms with van der Waals surface area (Å²) in [6, 6.07) is 7.96. The summed E-state index contributed by atoms with van der Waals surface area (Å²) in [5.74, 6) is -0.522. The van der Waals surface area contributed by atoms with Crippen LogP contribution >= 0.6 is 35.0 Å². The second kappa shape index (κ2) is 9.94. The minimum atomic E-state index is -0.980. The molecule has 0 unspecified atom stereocenters. The Hall–Kier alpha value is -2.89. The van der Waals surface area contributed by atoms with Gasteiger partial charge in [0, 0.05) is 23.8 Å². The van der Waals surface area contributed by atoms with E-state index in [1.54, 1.807) is 29.8 Å². The highest BCUT2D eigenvalue weighted by Crippen LogP contribution is 2.28. The van der Waals surface area contributed by atoms with Crippen molar-refractivity contribution in [3.05, 3.63) is 68.2 Å². The van der Waals surface area contributed by atoms with Gasteiger partial charge in [0.1, 0.15) is 12.4 Å². The van der Waals surface area contributed by atoms with E-state index >= 15 is 0 Å². The summed E-state index contributed by atoms with van der Waals surface area (Å²) in [6.45, 7) is 0.0941. The minimum absolute atomic E-state index is 0.0407. The lowest BCUT2D eigenvalue weighted by Crippen LogP contribution is -2.15. The second-order valence-electron chi connectivity index (χ2n) is 6.08. The molecular weight excluding hydrogens is 472 g/mol. The molecule has 0 fully saturated rings. The molecule has 3 rings (SSSR count). The summed E-state index contributed by atoms with van der Waals surface area (Å²) in [4.78, 5) is 22.1. The van der Waals surface area contributed by atoms with Crippen molar-refractivity contribution in [1.82, 2.24) is 14.8 Å². The number of nitrogens with zero attached hydrogens (tertiary/aromatic N) is 4. The molecule has 0 saturated heterocycles. The zero-order valence-corrected chi connectivity index (χ0v) is 18.2. The molecule has 162 valence electrons. The molecule has 31 heavy (non-hydrogen) atoms. The van der Waals surface area contributed by atoms with Gasteiger partial charge in [-0.1, -0.05) is 35.0 Å². The molecule has 1 amide bonds. The Kier molecular flexibility index (Phi) is 7.31. The number of benzene rings is 2. The molecule has 13 heteroatoms. The van der Waals surface area contributed by atoms with Crippen LogP contribution in [0.2, 0.25) is 10.0 Å². The van der Waals surface area contributed by atoms with E-state index < -0.39 is 22.3 Å². The van der Waals surface area contributed by atoms with Gasteiger partial charge in [-0.25, -0.2) is 0 Å². The quantitative estimate of drug-likeness (QED) is 0.284. The summed E-state index contributed by atoms with van der Waals surface area (Å²) in [6.07, 6.45) is 0. The molecule has 0 radical (unpaired) electrons. The molecule has 2 aromatic carbocycles. The molecule has 0 aliphatic heterocycles. The van der Waals surface area contributed by atoms with Crippen molar-refractivity contribution in [2.75, 3.05) is 11.1 Å². The summed E-state index contributed by atoms with van der Waals surface area (Å²) in [5.41, 5.74) is -0.602. The molecule has 0 aliphatic carbocycles. The third-order valence-electron chi connectivity index (χ3n) is 3.93. The molecule has 0 aliphatic rings. The van der Waals surface area contributed by atoms with Crippen LogP contribution in [0.1, 0.15) is 5.82 Å². The molecule has 0 saturated carbocycles. The third-order valence-corrected chi connectivity index (χ3v) is 5.49. The van der Waals surface area contributed by atoms with E-state index in [1.165, 1.54) is 6.07 Å². The summed E-state index contributed by atoms with van der Waals surface area (Å²) < 4.78 is 20.7. The van der Waals surface area contributed by atoms with Crippen LogP contribution in [0.25, 0.3) is 0 Å². The SMILES string of the molecule is Cn1c(COc2ccc(Cl)cc2Cl)nnc1SCC(=O)Nc1ccc(F)c([N+](=O)[O-])c1. The summed E-state index contributed by atoms with van der Waals surface area (Å²) in [5, 5.41) is 22.6. The molecule has 0 atom stereocenters. The van der Waals surface area contributed by atoms with Gasteiger partial charge in [-0.3, -0.25) is 14.9 Å². The van der Waals surface area contributed by atoms with Crippen molar-refractivity contribution in [3.8, 4) is 5.75 Å². The molecule has 3 aromatic rings. The molecule has 9 nitrogen and oxygen atoms in total. The van der Waals surface area contributed by atoms with Crippen molar-refractivity contribution in [3.63, 3.8) is 0 Å². The van der Waals surface area contributed by atoms with E-state index in [-0.39, 0.29) is 18.0 Å². The first-order valence-electron chi connectivity index (χ1n) is 8.57. The average molecular weight is 486 g/mol. The number of nitrogens with one attached hydrogen (secondary N) is 1. The number of rotatable bonds is 8. The number of anilines is 1. The number of amides is 1. The number of halogens is 3. The molecule has 0 bridgehead atoms. The van der Waals surface area contributed by atoms with Crippen LogP contribution in [0.15, 0.2) is 41.6 Å². The fraction of sp³-hybridized carbons (Fsp3) is 0.167. The van der Waals surface area contributed by atoms with Crippen LogP contribution in [-0.2, 0) is 18.4 Å². The van der Waals surface area contributed by atoms with E-state index in [4.69, 9.17) is 27.9 Å². The summed E-state index contributed by atoms with van der Waals surface area (Å²) in [7, 11) is 1.71. The molecule has 1 N–H and O–H groups in total. The largest absolute Gasteiger partial charge is 0.484 e. The first-order valence-corrected chi connectivity index (χ1v) is 10.3. The minimum Gasteiger partial charge on any atom is -0.484 e. The van der Waals surface area contributed by atoms with Crippen LogP contribution in [0.5, 0.6) is 5.75 Å². The van der Waals surface area contributed by atoms with Crippen LogP contribution in [0.4, 0.5) is 15.8 Å². The fourth-order valence-corrected chi connectivity index (χ4v) is 3.58. The lowest BCUT2D eigenvalue weighted by Gasteiger charge is -2.08. The second-order valence-corrected chi connectivity index (χ2v) is 7.87. The number of hydrogen-bond acceptors (Lipinski definition) is 7. The highest BCUT2D eigenvalue weighted by atomic mass is 35.5. The fourth-order valence-electron chi connectivity index (χ4n) is 2.39. The van der Waals surface area contributed by atoms with E-state index in [0.29, 0.717) is 26.8 Å². The molecule has 1 aromatic heterocycles. The van der Waals surface area contributed by atoms with Gasteiger partial charge in [0.05, 0.1) is 15.7 Å². The van der Waals surface area contributed by atoms with Crippen molar-refractivity contribution in [2.45, 2.75) is 11.8 Å². The van der Waals surface area contributed by atoms with Crippen LogP contribution in [0, 0.1) is 15.9 Å². The highest BCUT2D eigenvalue weighted by Gasteiger charge is 2.16. The average Bonchev–Trinajstić information content (AvgIpc) is 3.06. The Labute approximate surface area is 189 Å². The number of carbonyl (C=O) groups excluding carboxylic acids is 1. The van der Waals surface area contributed by atoms with E-state index in [1.807, 2.05) is 0 Å². The maximum absolute atomic E-state index is 13.4. The number of carbonyl (C=O) groups is 1. The van der Waals surface area contributed by atoms with Gasteiger partial charge in [-0.2, -0.15) is 4.39 Å². The Morgan fingerprint density at radius 1 is 1.29 bits per heavy atom. The van der Waals surface area contributed by atoms with Crippen LogP contribution in [0.3, 0.4) is 0 Å². The van der Waals surface area contributed by atoms with Gasteiger partial charge in [-0.15, -0.1) is 10.2 Å². The first kappa shape index (κ1) is 22.8. The first-order chi connectivity index (χ1) is 14.7.